The van der Waals surface area contributed by atoms with Crippen LogP contribution in [0.3, 0.4) is 0 Å². The van der Waals surface area contributed by atoms with Crippen molar-refractivity contribution in [3.63, 3.8) is 0 Å². The van der Waals surface area contributed by atoms with E-state index in [0.29, 0.717) is 37.3 Å². The van der Waals surface area contributed by atoms with E-state index in [1.54, 1.807) is 13.8 Å². The number of carbonyl (C=O) groups excluding carboxylic acids is 1. The highest BCUT2D eigenvalue weighted by Crippen LogP contribution is 2.27. The molecule has 2 heterocycles. The van der Waals surface area contributed by atoms with Gasteiger partial charge in [0.15, 0.2) is 0 Å². The molecule has 1 aliphatic heterocycles. The molecular weight excluding hydrogens is 390 g/mol. The van der Waals surface area contributed by atoms with Crippen LogP contribution < -0.4 is 11.1 Å². The van der Waals surface area contributed by atoms with E-state index in [-0.39, 0.29) is 35.7 Å². The largest absolute Gasteiger partial charge is 0.349 e. The quantitative estimate of drug-likeness (QED) is 0.615. The standard InChI is InChI=1S/C17H31N5O3S.ClH/c1-5-17(6-2,11-18)19-16(23)14-8-7-9-22(10-14)26(24,25)15-12(3)20-21-13(15)4;/h14H,5-11,18H2,1-4H3,(H,19,23)(H,20,21);1H. The van der Waals surface area contributed by atoms with Crippen molar-refractivity contribution >= 4 is 28.3 Å². The first-order valence-corrected chi connectivity index (χ1v) is 10.7. The van der Waals surface area contributed by atoms with E-state index in [0.717, 1.165) is 12.8 Å². The molecule has 8 nitrogen and oxygen atoms in total. The predicted molar refractivity (Wildman–Crippen MR) is 107 cm³/mol. The Morgan fingerprint density at radius 1 is 1.37 bits per heavy atom. The lowest BCUT2D eigenvalue weighted by atomic mass is 9.90. The number of hydrogen-bond acceptors (Lipinski definition) is 5. The summed E-state index contributed by atoms with van der Waals surface area (Å²) >= 11 is 0. The SMILES string of the molecule is CCC(CC)(CN)NC(=O)C1CCCN(S(=O)(=O)c2c(C)n[nH]c2C)C1.Cl. The minimum Gasteiger partial charge on any atom is -0.349 e. The highest BCUT2D eigenvalue weighted by molar-refractivity contribution is 7.89. The highest BCUT2D eigenvalue weighted by atomic mass is 35.5. The van der Waals surface area contributed by atoms with Gasteiger partial charge in [0.2, 0.25) is 15.9 Å². The van der Waals surface area contributed by atoms with Crippen LogP contribution in [0.2, 0.25) is 0 Å². The molecule has 2 rings (SSSR count). The fourth-order valence-electron chi connectivity index (χ4n) is 3.55. The number of nitrogens with zero attached hydrogens (tertiary/aromatic N) is 2. The Kier molecular flexibility index (Phi) is 8.28. The fourth-order valence-corrected chi connectivity index (χ4v) is 5.41. The monoisotopic (exact) mass is 421 g/mol. The van der Waals surface area contributed by atoms with Gasteiger partial charge in [0, 0.05) is 19.6 Å². The third kappa shape index (κ3) is 4.82. The molecule has 156 valence electrons. The van der Waals surface area contributed by atoms with Gasteiger partial charge in [-0.3, -0.25) is 9.89 Å². The van der Waals surface area contributed by atoms with Crippen LogP contribution in [0.1, 0.15) is 50.9 Å². The summed E-state index contributed by atoms with van der Waals surface area (Å²) in [5, 5.41) is 9.78. The molecule has 1 saturated heterocycles. The van der Waals surface area contributed by atoms with Crippen LogP contribution in [0.5, 0.6) is 0 Å². The van der Waals surface area contributed by atoms with Crippen LogP contribution in [0.25, 0.3) is 0 Å². The zero-order chi connectivity index (χ0) is 19.5. The Balaban J connectivity index is 0.00000364. The second-order valence-corrected chi connectivity index (χ2v) is 9.02. The zero-order valence-electron chi connectivity index (χ0n) is 16.5. The number of hydrogen-bond donors (Lipinski definition) is 3. The Hall–Kier alpha value is -1.16. The first kappa shape index (κ1) is 23.9. The number of aromatic amines is 1. The number of amides is 1. The number of aryl methyl sites for hydroxylation is 2. The summed E-state index contributed by atoms with van der Waals surface area (Å²) in [4.78, 5) is 13.0. The number of carbonyl (C=O) groups is 1. The Morgan fingerprint density at radius 2 is 2.00 bits per heavy atom. The smallest absolute Gasteiger partial charge is 0.246 e. The normalized spacial score (nSPS) is 18.8. The van der Waals surface area contributed by atoms with Gasteiger partial charge >= 0.3 is 0 Å². The fraction of sp³-hybridized carbons (Fsp3) is 0.765. The van der Waals surface area contributed by atoms with Gasteiger partial charge in [0.05, 0.1) is 22.8 Å². The average molecular weight is 422 g/mol. The van der Waals surface area contributed by atoms with Crippen molar-refractivity contribution in [3.05, 3.63) is 11.4 Å². The van der Waals surface area contributed by atoms with Gasteiger partial charge < -0.3 is 11.1 Å². The van der Waals surface area contributed by atoms with Gasteiger partial charge in [0.25, 0.3) is 0 Å². The average Bonchev–Trinajstić information content (AvgIpc) is 2.99. The van der Waals surface area contributed by atoms with Gasteiger partial charge in [-0.05, 0) is 39.5 Å². The second kappa shape index (κ2) is 9.36. The first-order valence-electron chi connectivity index (χ1n) is 9.24. The first-order chi connectivity index (χ1) is 12.2. The summed E-state index contributed by atoms with van der Waals surface area (Å²) in [6, 6.07) is 0. The van der Waals surface area contributed by atoms with Crippen molar-refractivity contribution in [2.75, 3.05) is 19.6 Å². The van der Waals surface area contributed by atoms with E-state index < -0.39 is 15.6 Å². The van der Waals surface area contributed by atoms with Gasteiger partial charge in [-0.15, -0.1) is 12.4 Å². The number of aromatic nitrogens is 2. The summed E-state index contributed by atoms with van der Waals surface area (Å²) in [5.41, 5.74) is 6.42. The summed E-state index contributed by atoms with van der Waals surface area (Å²) in [5.74, 6) is -0.477. The van der Waals surface area contributed by atoms with Crippen LogP contribution in [0.4, 0.5) is 0 Å². The molecule has 0 aromatic carbocycles. The van der Waals surface area contributed by atoms with Gasteiger partial charge in [0.1, 0.15) is 4.90 Å². The van der Waals surface area contributed by atoms with Crippen molar-refractivity contribution < 1.29 is 13.2 Å². The van der Waals surface area contributed by atoms with Gasteiger partial charge in [-0.25, -0.2) is 8.42 Å². The van der Waals surface area contributed by atoms with Crippen LogP contribution in [0.15, 0.2) is 4.90 Å². The number of H-pyrrole nitrogens is 1. The second-order valence-electron chi connectivity index (χ2n) is 7.15. The minimum atomic E-state index is -3.67. The molecule has 0 spiro atoms. The summed E-state index contributed by atoms with van der Waals surface area (Å²) in [7, 11) is -3.67. The molecule has 0 saturated carbocycles. The lowest BCUT2D eigenvalue weighted by Gasteiger charge is -2.36. The summed E-state index contributed by atoms with van der Waals surface area (Å²) in [6.07, 6.45) is 2.82. The molecule has 1 aromatic rings. The Bertz CT molecular complexity index is 718. The molecule has 10 heteroatoms. The molecule has 1 aliphatic rings. The molecule has 4 N–H and O–H groups in total. The number of rotatable bonds is 7. The zero-order valence-corrected chi connectivity index (χ0v) is 18.2. The minimum absolute atomic E-state index is 0. The lowest BCUT2D eigenvalue weighted by Crippen LogP contribution is -2.56. The van der Waals surface area contributed by atoms with Crippen molar-refractivity contribution in [1.29, 1.82) is 0 Å². The molecule has 1 aromatic heterocycles. The number of nitrogens with two attached hydrogens (primary N) is 1. The van der Waals surface area contributed by atoms with Crippen LogP contribution >= 0.6 is 12.4 Å². The van der Waals surface area contributed by atoms with E-state index in [1.807, 2.05) is 13.8 Å². The molecule has 1 amide bonds. The van der Waals surface area contributed by atoms with E-state index >= 15 is 0 Å². The number of sulfonamides is 1. The topological polar surface area (TPSA) is 121 Å². The van der Waals surface area contributed by atoms with E-state index in [9.17, 15) is 13.2 Å². The number of piperidine rings is 1. The molecular formula is C17H32ClN5O3S. The third-order valence-corrected chi connectivity index (χ3v) is 7.67. The maximum Gasteiger partial charge on any atom is 0.246 e. The van der Waals surface area contributed by atoms with Crippen LogP contribution in [-0.4, -0.2) is 54.0 Å². The predicted octanol–water partition coefficient (Wildman–Crippen LogP) is 1.48. The van der Waals surface area contributed by atoms with Gasteiger partial charge in [-0.1, -0.05) is 13.8 Å². The number of halogens is 1. The number of nitrogens with one attached hydrogen (secondary N) is 2. The molecule has 0 aliphatic carbocycles. The molecule has 0 radical (unpaired) electrons. The van der Waals surface area contributed by atoms with Crippen molar-refractivity contribution in [2.24, 2.45) is 11.7 Å². The third-order valence-electron chi connectivity index (χ3n) is 5.55. The van der Waals surface area contributed by atoms with Crippen LogP contribution in [0, 0.1) is 19.8 Å². The van der Waals surface area contributed by atoms with Crippen molar-refractivity contribution in [3.8, 4) is 0 Å². The maximum absolute atomic E-state index is 13.0. The molecule has 27 heavy (non-hydrogen) atoms. The molecule has 1 fully saturated rings. The molecule has 0 bridgehead atoms. The van der Waals surface area contributed by atoms with Crippen LogP contribution in [-0.2, 0) is 14.8 Å². The van der Waals surface area contributed by atoms with Crippen molar-refractivity contribution in [2.45, 2.75) is 63.8 Å². The molecule has 1 unspecified atom stereocenters. The summed E-state index contributed by atoms with van der Waals surface area (Å²) in [6.45, 7) is 8.33. The van der Waals surface area contributed by atoms with E-state index in [2.05, 4.69) is 15.5 Å². The van der Waals surface area contributed by atoms with Gasteiger partial charge in [-0.2, -0.15) is 9.40 Å². The van der Waals surface area contributed by atoms with E-state index in [4.69, 9.17) is 5.73 Å². The van der Waals surface area contributed by atoms with Crippen molar-refractivity contribution in [1.82, 2.24) is 19.8 Å². The summed E-state index contributed by atoms with van der Waals surface area (Å²) < 4.78 is 27.5. The lowest BCUT2D eigenvalue weighted by molar-refractivity contribution is -0.128. The Morgan fingerprint density at radius 3 is 2.48 bits per heavy atom. The van der Waals surface area contributed by atoms with E-state index in [1.165, 1.54) is 4.31 Å². The maximum atomic E-state index is 13.0. The Labute approximate surface area is 168 Å². The highest BCUT2D eigenvalue weighted by Gasteiger charge is 2.37. The molecule has 1 atom stereocenters.